The SMILES string of the molecule is CCCCCCCCCCCCCCOc1ccc(C(=O)Oc2ccc(C(=O)Oc3ccc(-c4cn(-c5ccc(OC(=O)c6ccc(OC(=O)c7ccc(OCCCCCCCCCCCCCC)cc7)cc6)cc5)nn4)cc3)cc2)cc1. The van der Waals surface area contributed by atoms with Crippen molar-refractivity contribution in [3.63, 3.8) is 0 Å². The van der Waals surface area contributed by atoms with Crippen molar-refractivity contribution in [3.05, 3.63) is 174 Å². The van der Waals surface area contributed by atoms with Gasteiger partial charge >= 0.3 is 23.9 Å². The van der Waals surface area contributed by atoms with E-state index in [4.69, 9.17) is 28.4 Å². The van der Waals surface area contributed by atoms with Crippen LogP contribution in [0.4, 0.5) is 0 Å². The number of carbonyl (C=O) groups excluding carboxylic acids is 4. The topological polar surface area (TPSA) is 154 Å². The maximum absolute atomic E-state index is 13.0. The lowest BCUT2D eigenvalue weighted by atomic mass is 10.1. The highest BCUT2D eigenvalue weighted by Gasteiger charge is 2.16. The number of esters is 4. The Bertz CT molecular complexity index is 2790. The van der Waals surface area contributed by atoms with E-state index >= 15 is 0 Å². The van der Waals surface area contributed by atoms with Gasteiger partial charge in [-0.1, -0.05) is 160 Å². The zero-order valence-electron chi connectivity index (χ0n) is 48.7. The average Bonchev–Trinajstić information content (AvgIpc) is 4.07. The second-order valence-electron chi connectivity index (χ2n) is 21.2. The monoisotopic (exact) mass is 1130 g/mol. The summed E-state index contributed by atoms with van der Waals surface area (Å²) in [7, 11) is 0. The van der Waals surface area contributed by atoms with Crippen LogP contribution in [-0.4, -0.2) is 52.1 Å². The highest BCUT2D eigenvalue weighted by Crippen LogP contribution is 2.26. The average molecular weight is 1130 g/mol. The van der Waals surface area contributed by atoms with E-state index < -0.39 is 23.9 Å². The summed E-state index contributed by atoms with van der Waals surface area (Å²) in [6.45, 7) is 5.80. The second-order valence-corrected chi connectivity index (χ2v) is 21.2. The molecule has 0 saturated carbocycles. The van der Waals surface area contributed by atoms with Crippen LogP contribution >= 0.6 is 0 Å². The molecule has 1 aromatic heterocycles. The van der Waals surface area contributed by atoms with E-state index in [1.54, 1.807) is 132 Å². The van der Waals surface area contributed by atoms with Gasteiger partial charge < -0.3 is 28.4 Å². The Morgan fingerprint density at radius 2 is 0.590 bits per heavy atom. The molecule has 7 aromatic rings. The maximum Gasteiger partial charge on any atom is 0.343 e. The molecule has 13 heteroatoms. The van der Waals surface area contributed by atoms with Gasteiger partial charge in [0.25, 0.3) is 0 Å². The van der Waals surface area contributed by atoms with E-state index in [9.17, 15) is 19.2 Å². The number of nitrogens with zero attached hydrogens (tertiary/aromatic N) is 3. The minimum Gasteiger partial charge on any atom is -0.494 e. The number of unbranched alkanes of at least 4 members (excludes halogenated alkanes) is 22. The van der Waals surface area contributed by atoms with Gasteiger partial charge in [-0.15, -0.1) is 5.10 Å². The normalized spacial score (nSPS) is 11.0. The Balaban J connectivity index is 0.761. The molecule has 83 heavy (non-hydrogen) atoms. The standard InChI is InChI=1S/C70H83N3O10/c1-3-5-7-9-11-13-15-17-19-21-23-25-51-78-60-39-29-55(30-40-60)67(74)81-63-45-33-57(34-46-63)69(76)80-62-43-27-54(28-44-62)66-53-73(72-71-66)59-37-49-65(50-38-59)83-70(77)58-35-47-64(48-36-58)82-68(75)56-31-41-61(42-32-56)79-52-26-24-22-20-18-16-14-12-10-8-6-4-2/h27-50,53H,3-26,51-52H2,1-2H3. The fourth-order valence-electron chi connectivity index (χ4n) is 9.51. The van der Waals surface area contributed by atoms with E-state index in [2.05, 4.69) is 24.2 Å². The van der Waals surface area contributed by atoms with Crippen molar-refractivity contribution >= 4 is 23.9 Å². The molecule has 438 valence electrons. The molecular weight excluding hydrogens is 1040 g/mol. The Labute approximate surface area is 491 Å². The molecule has 7 rings (SSSR count). The van der Waals surface area contributed by atoms with Crippen molar-refractivity contribution in [2.75, 3.05) is 13.2 Å². The fraction of sp³-hybridized carbons (Fsp3) is 0.400. The summed E-state index contributed by atoms with van der Waals surface area (Å²) in [6.07, 6.45) is 32.7. The molecule has 0 N–H and O–H groups in total. The molecule has 0 bridgehead atoms. The highest BCUT2D eigenvalue weighted by atomic mass is 16.5. The van der Waals surface area contributed by atoms with Crippen LogP contribution in [-0.2, 0) is 0 Å². The molecule has 6 aromatic carbocycles. The zero-order valence-corrected chi connectivity index (χ0v) is 48.7. The molecule has 0 atom stereocenters. The lowest BCUT2D eigenvalue weighted by molar-refractivity contribution is 0.0720. The Kier molecular flexibility index (Phi) is 26.9. The molecule has 0 unspecified atom stereocenters. The van der Waals surface area contributed by atoms with Crippen molar-refractivity contribution < 1.29 is 47.6 Å². The van der Waals surface area contributed by atoms with E-state index in [0.717, 1.165) is 31.2 Å². The first-order valence-electron chi connectivity index (χ1n) is 30.4. The molecule has 0 spiro atoms. The van der Waals surface area contributed by atoms with E-state index in [0.29, 0.717) is 70.2 Å². The molecule has 0 aliphatic carbocycles. The molecule has 0 aliphatic rings. The van der Waals surface area contributed by atoms with Gasteiger partial charge in [-0.3, -0.25) is 0 Å². The third-order valence-corrected chi connectivity index (χ3v) is 14.5. The van der Waals surface area contributed by atoms with Crippen molar-refractivity contribution in [3.8, 4) is 51.4 Å². The second kappa shape index (κ2) is 35.7. The van der Waals surface area contributed by atoms with Crippen LogP contribution in [0.5, 0.6) is 34.5 Å². The van der Waals surface area contributed by atoms with Gasteiger partial charge in [0.05, 0.1) is 47.4 Å². The first-order chi connectivity index (χ1) is 40.7. The van der Waals surface area contributed by atoms with Gasteiger partial charge in [0.15, 0.2) is 0 Å². The van der Waals surface area contributed by atoms with E-state index in [1.165, 1.54) is 153 Å². The number of aromatic nitrogens is 3. The molecule has 0 aliphatic heterocycles. The third-order valence-electron chi connectivity index (χ3n) is 14.5. The Hall–Kier alpha value is -8.06. The number of hydrogen-bond acceptors (Lipinski definition) is 12. The predicted molar refractivity (Wildman–Crippen MR) is 326 cm³/mol. The fourth-order valence-corrected chi connectivity index (χ4v) is 9.51. The molecule has 0 saturated heterocycles. The first-order valence-corrected chi connectivity index (χ1v) is 30.4. The Morgan fingerprint density at radius 3 is 0.904 bits per heavy atom. The van der Waals surface area contributed by atoms with Gasteiger partial charge in [-0.05, 0) is 158 Å². The number of hydrogen-bond donors (Lipinski definition) is 0. The van der Waals surface area contributed by atoms with Crippen LogP contribution in [0.2, 0.25) is 0 Å². The number of rotatable bonds is 38. The van der Waals surface area contributed by atoms with Gasteiger partial charge in [0.1, 0.15) is 40.2 Å². The molecular formula is C70H83N3O10. The van der Waals surface area contributed by atoms with Crippen molar-refractivity contribution in [1.82, 2.24) is 15.0 Å². The quantitative estimate of drug-likeness (QED) is 0.0206. The van der Waals surface area contributed by atoms with Crippen LogP contribution in [0.25, 0.3) is 16.9 Å². The van der Waals surface area contributed by atoms with Crippen LogP contribution in [0.1, 0.15) is 209 Å². The maximum atomic E-state index is 13.0. The summed E-state index contributed by atoms with van der Waals surface area (Å²) >= 11 is 0. The number of benzene rings is 6. The first kappa shape index (κ1) is 62.5. The minimum atomic E-state index is -0.578. The highest BCUT2D eigenvalue weighted by molar-refractivity contribution is 5.94. The largest absolute Gasteiger partial charge is 0.494 e. The van der Waals surface area contributed by atoms with Gasteiger partial charge in [-0.2, -0.15) is 0 Å². The predicted octanol–water partition coefficient (Wildman–Crippen LogP) is 18.0. The van der Waals surface area contributed by atoms with Gasteiger partial charge in [0, 0.05) is 5.56 Å². The summed E-state index contributed by atoms with van der Waals surface area (Å²) in [5.41, 5.74) is 3.33. The van der Waals surface area contributed by atoms with E-state index in [1.807, 2.05) is 0 Å². The third kappa shape index (κ3) is 22.3. The van der Waals surface area contributed by atoms with Gasteiger partial charge in [-0.25, -0.2) is 23.9 Å². The van der Waals surface area contributed by atoms with E-state index in [-0.39, 0.29) is 11.1 Å². The number of ether oxygens (including phenoxy) is 6. The lowest BCUT2D eigenvalue weighted by Crippen LogP contribution is -2.10. The van der Waals surface area contributed by atoms with Gasteiger partial charge in [0.2, 0.25) is 0 Å². The van der Waals surface area contributed by atoms with Crippen molar-refractivity contribution in [1.29, 1.82) is 0 Å². The van der Waals surface area contributed by atoms with Crippen molar-refractivity contribution in [2.45, 2.75) is 168 Å². The molecule has 0 amide bonds. The summed E-state index contributed by atoms with van der Waals surface area (Å²) in [6, 6.07) is 39.9. The summed E-state index contributed by atoms with van der Waals surface area (Å²) in [5.74, 6) is 0.472. The Morgan fingerprint density at radius 1 is 0.325 bits per heavy atom. The van der Waals surface area contributed by atoms with Crippen LogP contribution in [0, 0.1) is 0 Å². The van der Waals surface area contributed by atoms with Crippen LogP contribution in [0.3, 0.4) is 0 Å². The van der Waals surface area contributed by atoms with Crippen LogP contribution in [0.15, 0.2) is 152 Å². The van der Waals surface area contributed by atoms with Crippen LogP contribution < -0.4 is 28.4 Å². The smallest absolute Gasteiger partial charge is 0.343 e. The summed E-state index contributed by atoms with van der Waals surface area (Å²) in [4.78, 5) is 51.8. The molecule has 0 radical (unpaired) electrons. The molecule has 13 nitrogen and oxygen atoms in total. The molecule has 1 heterocycles. The summed E-state index contributed by atoms with van der Waals surface area (Å²) < 4.78 is 35.8. The number of carbonyl (C=O) groups is 4. The summed E-state index contributed by atoms with van der Waals surface area (Å²) in [5, 5.41) is 8.58. The lowest BCUT2D eigenvalue weighted by Gasteiger charge is -2.09. The zero-order chi connectivity index (χ0) is 58.1. The van der Waals surface area contributed by atoms with Crippen molar-refractivity contribution in [2.24, 2.45) is 0 Å². The minimum absolute atomic E-state index is 0.280. The molecule has 0 fully saturated rings.